The Bertz CT molecular complexity index is 211. The molecule has 2 fully saturated rings. The smallest absolute Gasteiger partial charge is 0.176 e. The molecule has 86 valence electrons. The van der Waals surface area contributed by atoms with Gasteiger partial charge in [0.2, 0.25) is 0 Å². The van der Waals surface area contributed by atoms with Crippen molar-refractivity contribution in [1.29, 1.82) is 0 Å². The Morgan fingerprint density at radius 1 is 1.27 bits per heavy atom. The summed E-state index contributed by atoms with van der Waals surface area (Å²) in [6.45, 7) is 6.61. The van der Waals surface area contributed by atoms with Gasteiger partial charge in [0.15, 0.2) is 5.78 Å². The van der Waals surface area contributed by atoms with Gasteiger partial charge < -0.3 is 15.4 Å². The first kappa shape index (κ1) is 11.0. The molecule has 0 aromatic rings. The minimum atomic E-state index is -0.228. The maximum atomic E-state index is 11.8. The summed E-state index contributed by atoms with van der Waals surface area (Å²) in [5.74, 6) is 0.212. The molecule has 5 nitrogen and oxygen atoms in total. The maximum absolute atomic E-state index is 11.8. The second-order valence-electron chi connectivity index (χ2n) is 4.06. The van der Waals surface area contributed by atoms with Crippen molar-refractivity contribution in [3.8, 4) is 0 Å². The lowest BCUT2D eigenvalue weighted by molar-refractivity contribution is -0.133. The van der Waals surface area contributed by atoms with Gasteiger partial charge in [0.05, 0.1) is 13.2 Å². The average molecular weight is 213 g/mol. The molecule has 5 heteroatoms. The number of ether oxygens (including phenoxy) is 1. The Kier molecular flexibility index (Phi) is 4.08. The number of nitrogens with one attached hydrogen (secondary N) is 2. The van der Waals surface area contributed by atoms with E-state index >= 15 is 0 Å². The fourth-order valence-corrected chi connectivity index (χ4v) is 1.96. The Labute approximate surface area is 90.1 Å². The monoisotopic (exact) mass is 213 g/mol. The number of hydrogen-bond acceptors (Lipinski definition) is 5. The number of Topliss-reactive ketones (excluding diaryl/α,β-unsaturated/α-hetero) is 1. The molecule has 1 unspecified atom stereocenters. The van der Waals surface area contributed by atoms with Crippen LogP contribution >= 0.6 is 0 Å². The van der Waals surface area contributed by atoms with Crippen LogP contribution in [0.2, 0.25) is 0 Å². The van der Waals surface area contributed by atoms with Crippen LogP contribution in [0.4, 0.5) is 0 Å². The van der Waals surface area contributed by atoms with Gasteiger partial charge in [-0.05, 0) is 0 Å². The molecule has 1 atom stereocenters. The first-order chi connectivity index (χ1) is 7.36. The second kappa shape index (κ2) is 5.55. The molecule has 2 aliphatic rings. The quantitative estimate of drug-likeness (QED) is 0.594. The number of carbonyl (C=O) groups excluding carboxylic acids is 1. The molecule has 0 amide bonds. The summed E-state index contributed by atoms with van der Waals surface area (Å²) in [5, 5.41) is 6.45. The highest BCUT2D eigenvalue weighted by Crippen LogP contribution is 2.01. The molecule has 0 spiro atoms. The predicted octanol–water partition coefficient (Wildman–Crippen LogP) is -1.55. The van der Waals surface area contributed by atoms with E-state index in [1.165, 1.54) is 0 Å². The lowest BCUT2D eigenvalue weighted by atomic mass is 10.2. The van der Waals surface area contributed by atoms with Crippen LogP contribution in [0.15, 0.2) is 0 Å². The summed E-state index contributed by atoms with van der Waals surface area (Å²) in [5.41, 5.74) is 0. The predicted molar refractivity (Wildman–Crippen MR) is 56.9 cm³/mol. The van der Waals surface area contributed by atoms with Crippen LogP contribution < -0.4 is 10.6 Å². The Morgan fingerprint density at radius 3 is 2.73 bits per heavy atom. The normalized spacial score (nSPS) is 28.9. The zero-order valence-corrected chi connectivity index (χ0v) is 9.00. The van der Waals surface area contributed by atoms with E-state index in [0.717, 1.165) is 32.7 Å². The minimum Gasteiger partial charge on any atom is -0.368 e. The Hall–Kier alpha value is -0.490. The third-order valence-electron chi connectivity index (χ3n) is 2.88. The first-order valence-electron chi connectivity index (χ1n) is 5.64. The van der Waals surface area contributed by atoms with Crippen molar-refractivity contribution in [2.75, 3.05) is 52.4 Å². The Balaban J connectivity index is 1.74. The highest BCUT2D eigenvalue weighted by molar-refractivity contribution is 5.85. The van der Waals surface area contributed by atoms with Crippen LogP contribution in [0.5, 0.6) is 0 Å². The third kappa shape index (κ3) is 3.24. The highest BCUT2D eigenvalue weighted by atomic mass is 16.5. The SMILES string of the molecule is O=C(CN1CCNCC1)C1CNCCO1. The molecule has 0 bridgehead atoms. The molecule has 0 aliphatic carbocycles. The van der Waals surface area contributed by atoms with Crippen LogP contribution in [-0.4, -0.2) is 69.2 Å². The number of ketones is 1. The van der Waals surface area contributed by atoms with Crippen LogP contribution in [0.25, 0.3) is 0 Å². The lowest BCUT2D eigenvalue weighted by Crippen LogP contribution is -2.50. The van der Waals surface area contributed by atoms with E-state index < -0.39 is 0 Å². The Morgan fingerprint density at radius 2 is 2.07 bits per heavy atom. The highest BCUT2D eigenvalue weighted by Gasteiger charge is 2.23. The van der Waals surface area contributed by atoms with Crippen LogP contribution in [-0.2, 0) is 9.53 Å². The topological polar surface area (TPSA) is 53.6 Å². The van der Waals surface area contributed by atoms with Gasteiger partial charge in [-0.3, -0.25) is 9.69 Å². The molecule has 0 radical (unpaired) electrons. The van der Waals surface area contributed by atoms with Crippen molar-refractivity contribution in [1.82, 2.24) is 15.5 Å². The molecular formula is C10H19N3O2. The lowest BCUT2D eigenvalue weighted by Gasteiger charge is -2.29. The molecule has 2 aliphatic heterocycles. The van der Waals surface area contributed by atoms with Crippen LogP contribution in [0, 0.1) is 0 Å². The number of rotatable bonds is 3. The summed E-state index contributed by atoms with van der Waals surface area (Å²) in [6.07, 6.45) is -0.228. The molecular weight excluding hydrogens is 194 g/mol. The van der Waals surface area contributed by atoms with E-state index in [2.05, 4.69) is 15.5 Å². The fraction of sp³-hybridized carbons (Fsp3) is 0.900. The van der Waals surface area contributed by atoms with Gasteiger partial charge in [0, 0.05) is 39.3 Å². The molecule has 15 heavy (non-hydrogen) atoms. The molecule has 0 aromatic heterocycles. The summed E-state index contributed by atoms with van der Waals surface area (Å²) in [4.78, 5) is 14.0. The van der Waals surface area contributed by atoms with Crippen LogP contribution in [0.1, 0.15) is 0 Å². The molecule has 0 saturated carbocycles. The van der Waals surface area contributed by atoms with Gasteiger partial charge in [-0.25, -0.2) is 0 Å². The summed E-state index contributed by atoms with van der Waals surface area (Å²) in [7, 11) is 0. The van der Waals surface area contributed by atoms with Gasteiger partial charge in [0.1, 0.15) is 6.10 Å². The summed E-state index contributed by atoms with van der Waals surface area (Å²) in [6, 6.07) is 0. The van der Waals surface area contributed by atoms with E-state index in [0.29, 0.717) is 19.7 Å². The summed E-state index contributed by atoms with van der Waals surface area (Å²) >= 11 is 0. The maximum Gasteiger partial charge on any atom is 0.176 e. The number of morpholine rings is 1. The van der Waals surface area contributed by atoms with Crippen molar-refractivity contribution in [2.45, 2.75) is 6.10 Å². The van der Waals surface area contributed by atoms with E-state index in [-0.39, 0.29) is 11.9 Å². The van der Waals surface area contributed by atoms with E-state index in [4.69, 9.17) is 4.74 Å². The minimum absolute atomic E-state index is 0.212. The number of carbonyl (C=O) groups is 1. The van der Waals surface area contributed by atoms with Gasteiger partial charge in [0.25, 0.3) is 0 Å². The first-order valence-corrected chi connectivity index (χ1v) is 5.64. The molecule has 0 aromatic carbocycles. The third-order valence-corrected chi connectivity index (χ3v) is 2.88. The van der Waals surface area contributed by atoms with E-state index in [9.17, 15) is 4.79 Å². The van der Waals surface area contributed by atoms with E-state index in [1.54, 1.807) is 0 Å². The van der Waals surface area contributed by atoms with E-state index in [1.807, 2.05) is 0 Å². The standard InChI is InChI=1S/C10H19N3O2/c14-9(10-7-12-3-6-15-10)8-13-4-1-11-2-5-13/h10-12H,1-8H2. The zero-order valence-electron chi connectivity index (χ0n) is 9.00. The van der Waals surface area contributed by atoms with Crippen molar-refractivity contribution in [2.24, 2.45) is 0 Å². The van der Waals surface area contributed by atoms with Gasteiger partial charge in [-0.15, -0.1) is 0 Å². The zero-order chi connectivity index (χ0) is 10.5. The number of nitrogens with zero attached hydrogens (tertiary/aromatic N) is 1. The van der Waals surface area contributed by atoms with Crippen molar-refractivity contribution < 1.29 is 9.53 Å². The number of piperazine rings is 1. The largest absolute Gasteiger partial charge is 0.368 e. The second-order valence-corrected chi connectivity index (χ2v) is 4.06. The number of hydrogen-bond donors (Lipinski definition) is 2. The molecule has 2 saturated heterocycles. The van der Waals surface area contributed by atoms with Crippen molar-refractivity contribution in [3.63, 3.8) is 0 Å². The fourth-order valence-electron chi connectivity index (χ4n) is 1.96. The molecule has 2 heterocycles. The van der Waals surface area contributed by atoms with Crippen molar-refractivity contribution >= 4 is 5.78 Å². The van der Waals surface area contributed by atoms with Gasteiger partial charge in [-0.2, -0.15) is 0 Å². The van der Waals surface area contributed by atoms with Crippen molar-refractivity contribution in [3.05, 3.63) is 0 Å². The van der Waals surface area contributed by atoms with Gasteiger partial charge >= 0.3 is 0 Å². The van der Waals surface area contributed by atoms with Crippen LogP contribution in [0.3, 0.4) is 0 Å². The molecule has 2 N–H and O–H groups in total. The van der Waals surface area contributed by atoms with Gasteiger partial charge in [-0.1, -0.05) is 0 Å². The average Bonchev–Trinajstić information content (AvgIpc) is 2.31. The molecule has 2 rings (SSSR count). The summed E-state index contributed by atoms with van der Waals surface area (Å²) < 4.78 is 5.43.